The Morgan fingerprint density at radius 3 is 2.82 bits per heavy atom. The highest BCUT2D eigenvalue weighted by Gasteiger charge is 2.32. The summed E-state index contributed by atoms with van der Waals surface area (Å²) < 4.78 is 0. The van der Waals surface area contributed by atoms with Crippen LogP contribution in [-0.2, 0) is 11.2 Å². The van der Waals surface area contributed by atoms with Gasteiger partial charge in [-0.05, 0) is 5.56 Å². The van der Waals surface area contributed by atoms with Gasteiger partial charge in [0.2, 0.25) is 0 Å². The maximum atomic E-state index is 11.4. The Morgan fingerprint density at radius 2 is 2.06 bits per heavy atom. The van der Waals surface area contributed by atoms with E-state index in [1.54, 1.807) is 0 Å². The van der Waals surface area contributed by atoms with Crippen LogP contribution in [0.2, 0.25) is 0 Å². The molecule has 2 aliphatic heterocycles. The second-order valence-corrected chi connectivity index (χ2v) is 3.76. The number of benzene rings is 1. The minimum atomic E-state index is -0.619. The number of carbonyl (C=O) groups excluding carboxylic acids is 1. The molecule has 0 bridgehead atoms. The van der Waals surface area contributed by atoms with Crippen molar-refractivity contribution in [3.8, 4) is 0 Å². The summed E-state index contributed by atoms with van der Waals surface area (Å²) in [4.78, 5) is 19.9. The first kappa shape index (κ1) is 9.83. The lowest BCUT2D eigenvalue weighted by molar-refractivity contribution is -0.121. The number of carbonyl (C=O) groups is 1. The highest BCUT2D eigenvalue weighted by molar-refractivity contribution is 6.17. The van der Waals surface area contributed by atoms with Crippen LogP contribution in [0.25, 0.3) is 0 Å². The van der Waals surface area contributed by atoms with Gasteiger partial charge in [0.05, 0.1) is 0 Å². The van der Waals surface area contributed by atoms with Crippen molar-refractivity contribution in [3.05, 3.63) is 35.9 Å². The molecule has 0 saturated carbocycles. The number of amides is 1. The molecule has 0 radical (unpaired) electrons. The molecule has 6 heteroatoms. The molecule has 84 valence electrons. The van der Waals surface area contributed by atoms with Crippen LogP contribution in [0.5, 0.6) is 0 Å². The Balaban J connectivity index is 1.83. The summed E-state index contributed by atoms with van der Waals surface area (Å²) in [6, 6.07) is 9.23. The predicted octanol–water partition coefficient (Wildman–Crippen LogP) is 0.905. The fraction of sp³-hybridized carbons (Fsp3) is 0.182. The van der Waals surface area contributed by atoms with Crippen LogP contribution >= 0.6 is 0 Å². The van der Waals surface area contributed by atoms with Crippen LogP contribution in [-0.4, -0.2) is 23.6 Å². The van der Waals surface area contributed by atoms with Crippen LogP contribution in [0.15, 0.2) is 50.7 Å². The van der Waals surface area contributed by atoms with Crippen molar-refractivity contribution in [1.29, 1.82) is 0 Å². The number of amidine groups is 2. The van der Waals surface area contributed by atoms with E-state index in [0.717, 1.165) is 5.56 Å². The Labute approximate surface area is 97.2 Å². The molecule has 0 aromatic heterocycles. The van der Waals surface area contributed by atoms with Gasteiger partial charge in [0.25, 0.3) is 5.91 Å². The molecule has 0 aliphatic carbocycles. The quantitative estimate of drug-likeness (QED) is 0.800. The Hall–Kier alpha value is -2.37. The summed E-state index contributed by atoms with van der Waals surface area (Å²) in [6.45, 7) is 0. The molecule has 1 atom stereocenters. The molecule has 6 nitrogen and oxygen atoms in total. The van der Waals surface area contributed by atoms with E-state index in [4.69, 9.17) is 0 Å². The molecule has 1 amide bonds. The first-order valence-electron chi connectivity index (χ1n) is 5.23. The van der Waals surface area contributed by atoms with Gasteiger partial charge in [0.1, 0.15) is 5.84 Å². The van der Waals surface area contributed by atoms with Gasteiger partial charge in [0.15, 0.2) is 11.9 Å². The summed E-state index contributed by atoms with van der Waals surface area (Å²) in [7, 11) is 0. The minimum Gasteiger partial charge on any atom is -0.270 e. The van der Waals surface area contributed by atoms with E-state index in [2.05, 4.69) is 25.7 Å². The standard InChI is InChI=1S/C11H9N5O/c17-11-9-10(14-16-15-11)13-8(12-9)6-7-4-2-1-3-5-7/h1-5,9H,6H2,(H,12,13,14,15,17). The smallest absolute Gasteiger partial charge is 0.270 e. The van der Waals surface area contributed by atoms with E-state index in [0.29, 0.717) is 18.1 Å². The van der Waals surface area contributed by atoms with Crippen LogP contribution < -0.4 is 5.43 Å². The molecule has 2 heterocycles. The summed E-state index contributed by atoms with van der Waals surface area (Å²) in [6.07, 6.45) is 0.601. The first-order valence-corrected chi connectivity index (χ1v) is 5.23. The number of nitrogens with zero attached hydrogens (tertiary/aromatic N) is 4. The zero-order valence-corrected chi connectivity index (χ0v) is 8.87. The molecule has 2 aliphatic rings. The van der Waals surface area contributed by atoms with E-state index < -0.39 is 6.04 Å². The minimum absolute atomic E-state index is 0.276. The normalized spacial score (nSPS) is 21.6. The maximum Gasteiger partial charge on any atom is 0.274 e. The lowest BCUT2D eigenvalue weighted by Crippen LogP contribution is -2.37. The average Bonchev–Trinajstić information content (AvgIpc) is 2.74. The van der Waals surface area contributed by atoms with E-state index in [9.17, 15) is 4.79 Å². The van der Waals surface area contributed by atoms with Crippen molar-refractivity contribution < 1.29 is 4.79 Å². The Bertz CT molecular complexity index is 546. The van der Waals surface area contributed by atoms with Crippen LogP contribution in [0.3, 0.4) is 0 Å². The zero-order valence-electron chi connectivity index (χ0n) is 8.87. The first-order chi connectivity index (χ1) is 8.33. The molecule has 0 spiro atoms. The number of aliphatic imine (C=N–C) groups is 2. The number of hydrogen-bond acceptors (Lipinski definition) is 5. The van der Waals surface area contributed by atoms with Crippen molar-refractivity contribution in [2.45, 2.75) is 12.5 Å². The maximum absolute atomic E-state index is 11.4. The fourth-order valence-electron chi connectivity index (χ4n) is 1.73. The van der Waals surface area contributed by atoms with Crippen LogP contribution in [0, 0.1) is 0 Å². The lowest BCUT2D eigenvalue weighted by atomic mass is 10.1. The third kappa shape index (κ3) is 1.84. The zero-order chi connectivity index (χ0) is 11.7. The van der Waals surface area contributed by atoms with Gasteiger partial charge in [-0.1, -0.05) is 35.6 Å². The fourth-order valence-corrected chi connectivity index (χ4v) is 1.73. The van der Waals surface area contributed by atoms with Crippen molar-refractivity contribution in [3.63, 3.8) is 0 Å². The molecule has 0 fully saturated rings. The lowest BCUT2D eigenvalue weighted by Gasteiger charge is -2.07. The van der Waals surface area contributed by atoms with Crippen LogP contribution in [0.4, 0.5) is 0 Å². The van der Waals surface area contributed by atoms with Gasteiger partial charge in [-0.3, -0.25) is 4.79 Å². The molecule has 17 heavy (non-hydrogen) atoms. The van der Waals surface area contributed by atoms with Crippen molar-refractivity contribution in [1.82, 2.24) is 5.43 Å². The molecular formula is C11H9N5O. The molecule has 1 N–H and O–H groups in total. The highest BCUT2D eigenvalue weighted by Crippen LogP contribution is 2.14. The Morgan fingerprint density at radius 1 is 1.24 bits per heavy atom. The number of nitrogens with one attached hydrogen (secondary N) is 1. The van der Waals surface area contributed by atoms with Gasteiger partial charge in [-0.15, -0.1) is 5.11 Å². The predicted molar refractivity (Wildman–Crippen MR) is 61.8 cm³/mol. The van der Waals surface area contributed by atoms with Crippen molar-refractivity contribution in [2.24, 2.45) is 20.3 Å². The summed E-state index contributed by atoms with van der Waals surface area (Å²) in [5, 5.41) is 7.23. The van der Waals surface area contributed by atoms with Gasteiger partial charge < -0.3 is 0 Å². The summed E-state index contributed by atoms with van der Waals surface area (Å²) in [5.41, 5.74) is 3.37. The monoisotopic (exact) mass is 227 g/mol. The van der Waals surface area contributed by atoms with E-state index in [1.165, 1.54) is 0 Å². The van der Waals surface area contributed by atoms with E-state index in [1.807, 2.05) is 30.3 Å². The molecule has 0 saturated heterocycles. The molecule has 1 aromatic rings. The van der Waals surface area contributed by atoms with E-state index >= 15 is 0 Å². The van der Waals surface area contributed by atoms with E-state index in [-0.39, 0.29) is 5.91 Å². The van der Waals surface area contributed by atoms with Gasteiger partial charge in [-0.25, -0.2) is 15.4 Å². The highest BCUT2D eigenvalue weighted by atomic mass is 16.2. The van der Waals surface area contributed by atoms with Gasteiger partial charge >= 0.3 is 0 Å². The summed E-state index contributed by atoms with van der Waals surface area (Å²) in [5.74, 6) is 0.716. The van der Waals surface area contributed by atoms with Crippen LogP contribution in [0.1, 0.15) is 5.56 Å². The van der Waals surface area contributed by atoms with Crippen molar-refractivity contribution >= 4 is 17.6 Å². The average molecular weight is 227 g/mol. The van der Waals surface area contributed by atoms with Gasteiger partial charge in [-0.2, -0.15) is 0 Å². The number of fused-ring (bicyclic) bond motifs is 1. The largest absolute Gasteiger partial charge is 0.274 e. The third-order valence-corrected chi connectivity index (χ3v) is 2.53. The summed E-state index contributed by atoms with van der Waals surface area (Å²) >= 11 is 0. The molecular weight excluding hydrogens is 218 g/mol. The number of rotatable bonds is 2. The number of hydrogen-bond donors (Lipinski definition) is 1. The Kier molecular flexibility index (Phi) is 2.25. The van der Waals surface area contributed by atoms with Gasteiger partial charge in [0, 0.05) is 6.42 Å². The third-order valence-electron chi connectivity index (χ3n) is 2.53. The topological polar surface area (TPSA) is 78.5 Å². The second kappa shape index (κ2) is 3.89. The second-order valence-electron chi connectivity index (χ2n) is 3.76. The molecule has 1 aromatic carbocycles. The van der Waals surface area contributed by atoms with Crippen molar-refractivity contribution in [2.75, 3.05) is 0 Å². The SMILES string of the molecule is O=C1NN=NC2=NC(Cc3ccccc3)=NC12. The molecule has 1 unspecified atom stereocenters. The molecule has 3 rings (SSSR count).